The van der Waals surface area contributed by atoms with Crippen molar-refractivity contribution < 1.29 is 9.18 Å². The molecule has 0 saturated carbocycles. The van der Waals surface area contributed by atoms with Crippen LogP contribution in [-0.2, 0) is 11.3 Å². The Labute approximate surface area is 139 Å². The number of amides is 1. The molecule has 0 saturated heterocycles. The molecule has 5 heteroatoms. The number of hydrogen-bond donors (Lipinski definition) is 1. The van der Waals surface area contributed by atoms with E-state index in [1.165, 1.54) is 12.1 Å². The molecular weight excluding hydrogens is 321 g/mol. The number of carbonyl (C=O) groups is 1. The van der Waals surface area contributed by atoms with E-state index in [1.807, 2.05) is 24.3 Å². The van der Waals surface area contributed by atoms with Gasteiger partial charge in [-0.2, -0.15) is 0 Å². The molecule has 22 heavy (non-hydrogen) atoms. The molecule has 0 radical (unpaired) electrons. The van der Waals surface area contributed by atoms with Crippen molar-refractivity contribution in [2.45, 2.75) is 24.3 Å². The van der Waals surface area contributed by atoms with Gasteiger partial charge in [0.15, 0.2) is 0 Å². The summed E-state index contributed by atoms with van der Waals surface area (Å²) in [5.74, 6) is 0.626. The minimum Gasteiger partial charge on any atom is -0.352 e. The molecule has 0 aromatic heterocycles. The minimum atomic E-state index is -0.269. The molecule has 2 rings (SSSR count). The second-order valence-corrected chi connectivity index (χ2v) is 6.41. The summed E-state index contributed by atoms with van der Waals surface area (Å²) in [6.07, 6.45) is 1.30. The van der Waals surface area contributed by atoms with Gasteiger partial charge in [0.2, 0.25) is 5.91 Å². The summed E-state index contributed by atoms with van der Waals surface area (Å²) in [5, 5.41) is 3.56. The minimum absolute atomic E-state index is 0.0148. The SMILES string of the molecule is O=C(CCCSc1ccc(Cl)cc1)NCc1ccc(F)cc1. The Balaban J connectivity index is 1.61. The zero-order valence-electron chi connectivity index (χ0n) is 12.0. The van der Waals surface area contributed by atoms with Crippen molar-refractivity contribution in [3.63, 3.8) is 0 Å². The second kappa shape index (κ2) is 8.81. The van der Waals surface area contributed by atoms with Gasteiger partial charge in [0.1, 0.15) is 5.82 Å². The fourth-order valence-corrected chi connectivity index (χ4v) is 2.82. The topological polar surface area (TPSA) is 29.1 Å². The number of thioether (sulfide) groups is 1. The van der Waals surface area contributed by atoms with Crippen LogP contribution in [0.2, 0.25) is 5.02 Å². The molecule has 0 heterocycles. The predicted molar refractivity (Wildman–Crippen MR) is 89.7 cm³/mol. The van der Waals surface area contributed by atoms with Crippen molar-refractivity contribution in [1.29, 1.82) is 0 Å². The van der Waals surface area contributed by atoms with Gasteiger partial charge in [0, 0.05) is 22.9 Å². The smallest absolute Gasteiger partial charge is 0.220 e. The third-order valence-corrected chi connectivity index (χ3v) is 4.38. The quantitative estimate of drug-likeness (QED) is 0.587. The van der Waals surface area contributed by atoms with E-state index in [0.717, 1.165) is 27.7 Å². The van der Waals surface area contributed by atoms with Gasteiger partial charge in [-0.3, -0.25) is 4.79 Å². The van der Waals surface area contributed by atoms with Crippen molar-refractivity contribution in [2.24, 2.45) is 0 Å². The first-order valence-corrected chi connectivity index (χ1v) is 8.39. The van der Waals surface area contributed by atoms with Crippen LogP contribution >= 0.6 is 23.4 Å². The zero-order chi connectivity index (χ0) is 15.8. The second-order valence-electron chi connectivity index (χ2n) is 4.81. The monoisotopic (exact) mass is 337 g/mol. The normalized spacial score (nSPS) is 10.5. The van der Waals surface area contributed by atoms with Crippen molar-refractivity contribution >= 4 is 29.3 Å². The summed E-state index contributed by atoms with van der Waals surface area (Å²) in [7, 11) is 0. The highest BCUT2D eigenvalue weighted by Crippen LogP contribution is 2.21. The van der Waals surface area contributed by atoms with E-state index in [-0.39, 0.29) is 11.7 Å². The van der Waals surface area contributed by atoms with Gasteiger partial charge >= 0.3 is 0 Å². The number of halogens is 2. The van der Waals surface area contributed by atoms with Gasteiger partial charge in [0.25, 0.3) is 0 Å². The highest BCUT2D eigenvalue weighted by atomic mass is 35.5. The fraction of sp³-hybridized carbons (Fsp3) is 0.235. The highest BCUT2D eigenvalue weighted by Gasteiger charge is 2.02. The molecule has 0 bridgehead atoms. The number of hydrogen-bond acceptors (Lipinski definition) is 2. The molecule has 0 spiro atoms. The number of rotatable bonds is 7. The van der Waals surface area contributed by atoms with E-state index in [0.29, 0.717) is 13.0 Å². The number of nitrogens with one attached hydrogen (secondary N) is 1. The van der Waals surface area contributed by atoms with Crippen LogP contribution in [0.25, 0.3) is 0 Å². The molecule has 116 valence electrons. The lowest BCUT2D eigenvalue weighted by Crippen LogP contribution is -2.22. The molecule has 0 fully saturated rings. The molecule has 2 aromatic carbocycles. The van der Waals surface area contributed by atoms with E-state index in [4.69, 9.17) is 11.6 Å². The van der Waals surface area contributed by atoms with Crippen LogP contribution in [0.4, 0.5) is 4.39 Å². The molecule has 1 N–H and O–H groups in total. The van der Waals surface area contributed by atoms with Gasteiger partial charge in [-0.15, -0.1) is 11.8 Å². The maximum Gasteiger partial charge on any atom is 0.220 e. The third kappa shape index (κ3) is 6.08. The first-order valence-electron chi connectivity index (χ1n) is 7.03. The Morgan fingerprint density at radius 2 is 1.77 bits per heavy atom. The molecule has 2 aromatic rings. The Kier molecular flexibility index (Phi) is 6.74. The van der Waals surface area contributed by atoms with Gasteiger partial charge < -0.3 is 5.32 Å². The van der Waals surface area contributed by atoms with Gasteiger partial charge in [0.05, 0.1) is 0 Å². The molecule has 1 amide bonds. The van der Waals surface area contributed by atoms with E-state index < -0.39 is 0 Å². The largest absolute Gasteiger partial charge is 0.352 e. The molecule has 2 nitrogen and oxygen atoms in total. The molecule has 0 aliphatic rings. The average Bonchev–Trinajstić information content (AvgIpc) is 2.53. The van der Waals surface area contributed by atoms with Crippen molar-refractivity contribution in [1.82, 2.24) is 5.32 Å². The molecule has 0 atom stereocenters. The third-order valence-electron chi connectivity index (χ3n) is 3.03. The number of benzene rings is 2. The van der Waals surface area contributed by atoms with Crippen LogP contribution in [0.1, 0.15) is 18.4 Å². The Morgan fingerprint density at radius 3 is 2.45 bits per heavy atom. The van der Waals surface area contributed by atoms with Gasteiger partial charge in [-0.25, -0.2) is 4.39 Å². The van der Waals surface area contributed by atoms with Gasteiger partial charge in [-0.1, -0.05) is 23.7 Å². The fourth-order valence-electron chi connectivity index (χ4n) is 1.84. The lowest BCUT2D eigenvalue weighted by atomic mass is 10.2. The summed E-state index contributed by atoms with van der Waals surface area (Å²) < 4.78 is 12.8. The van der Waals surface area contributed by atoms with Crippen molar-refractivity contribution in [3.8, 4) is 0 Å². The lowest BCUT2D eigenvalue weighted by molar-refractivity contribution is -0.121. The predicted octanol–water partition coefficient (Wildman–Crippen LogP) is 4.67. The first kappa shape index (κ1) is 16.8. The molecular formula is C17H17ClFNOS. The maximum absolute atomic E-state index is 12.8. The summed E-state index contributed by atoms with van der Waals surface area (Å²) in [6.45, 7) is 0.434. The van der Waals surface area contributed by atoms with E-state index >= 15 is 0 Å². The van der Waals surface area contributed by atoms with Crippen LogP contribution in [0.5, 0.6) is 0 Å². The van der Waals surface area contributed by atoms with Crippen LogP contribution in [0.15, 0.2) is 53.4 Å². The van der Waals surface area contributed by atoms with Gasteiger partial charge in [-0.05, 0) is 54.1 Å². The van der Waals surface area contributed by atoms with Crippen LogP contribution in [0, 0.1) is 5.82 Å². The Bertz CT molecular complexity index is 601. The van der Waals surface area contributed by atoms with Crippen LogP contribution in [0.3, 0.4) is 0 Å². The van der Waals surface area contributed by atoms with Crippen molar-refractivity contribution in [3.05, 3.63) is 64.9 Å². The molecule has 0 aliphatic heterocycles. The summed E-state index contributed by atoms with van der Waals surface area (Å²) in [6, 6.07) is 13.8. The highest BCUT2D eigenvalue weighted by molar-refractivity contribution is 7.99. The number of carbonyl (C=O) groups excluding carboxylic acids is 1. The standard InChI is InChI=1S/C17H17ClFNOS/c18-14-5-9-16(10-6-14)22-11-1-2-17(21)20-12-13-3-7-15(19)8-4-13/h3-10H,1-2,11-12H2,(H,20,21). The summed E-state index contributed by atoms with van der Waals surface area (Å²) in [5.41, 5.74) is 0.894. The summed E-state index contributed by atoms with van der Waals surface area (Å²) >= 11 is 7.53. The zero-order valence-corrected chi connectivity index (χ0v) is 13.6. The van der Waals surface area contributed by atoms with Crippen LogP contribution < -0.4 is 5.32 Å². The average molecular weight is 338 g/mol. The first-order chi connectivity index (χ1) is 10.6. The lowest BCUT2D eigenvalue weighted by Gasteiger charge is -2.05. The maximum atomic E-state index is 12.8. The van der Waals surface area contributed by atoms with Crippen LogP contribution in [-0.4, -0.2) is 11.7 Å². The molecule has 0 unspecified atom stereocenters. The molecule has 0 aliphatic carbocycles. The van der Waals surface area contributed by atoms with E-state index in [2.05, 4.69) is 5.32 Å². The summed E-state index contributed by atoms with van der Waals surface area (Å²) in [4.78, 5) is 12.9. The van der Waals surface area contributed by atoms with Crippen molar-refractivity contribution in [2.75, 3.05) is 5.75 Å². The van der Waals surface area contributed by atoms with E-state index in [9.17, 15) is 9.18 Å². The van der Waals surface area contributed by atoms with E-state index in [1.54, 1.807) is 23.9 Å². The Hall–Kier alpha value is -1.52. The Morgan fingerprint density at radius 1 is 1.09 bits per heavy atom.